The predicted octanol–water partition coefficient (Wildman–Crippen LogP) is 3.44. The van der Waals surface area contributed by atoms with Crippen LogP contribution in [0.25, 0.3) is 11.0 Å². The molecule has 0 spiro atoms. The summed E-state index contributed by atoms with van der Waals surface area (Å²) in [7, 11) is 2.07. The van der Waals surface area contributed by atoms with Gasteiger partial charge in [-0.3, -0.25) is 9.69 Å². The van der Waals surface area contributed by atoms with Crippen molar-refractivity contribution >= 4 is 16.9 Å². The van der Waals surface area contributed by atoms with Crippen LogP contribution in [0.5, 0.6) is 0 Å². The van der Waals surface area contributed by atoms with Crippen LogP contribution >= 0.6 is 0 Å². The van der Waals surface area contributed by atoms with Gasteiger partial charge in [0.15, 0.2) is 0 Å². The van der Waals surface area contributed by atoms with Gasteiger partial charge in [-0.1, -0.05) is 18.6 Å². The summed E-state index contributed by atoms with van der Waals surface area (Å²) < 4.78 is 0. The zero-order chi connectivity index (χ0) is 17.9. The van der Waals surface area contributed by atoms with E-state index >= 15 is 0 Å². The number of H-pyrrole nitrogens is 1. The molecule has 1 atom stereocenters. The molecule has 0 unspecified atom stereocenters. The van der Waals surface area contributed by atoms with E-state index in [4.69, 9.17) is 4.98 Å². The van der Waals surface area contributed by atoms with Gasteiger partial charge in [-0.15, -0.1) is 0 Å². The van der Waals surface area contributed by atoms with Crippen molar-refractivity contribution in [3.8, 4) is 0 Å². The Morgan fingerprint density at radius 2 is 2.00 bits per heavy atom. The second kappa shape index (κ2) is 7.78. The van der Waals surface area contributed by atoms with Crippen LogP contribution in [0, 0.1) is 5.92 Å². The Morgan fingerprint density at radius 3 is 2.77 bits per heavy atom. The normalized spacial score (nSPS) is 27.5. The van der Waals surface area contributed by atoms with E-state index < -0.39 is 0 Å². The maximum atomic E-state index is 12.5. The number of aromatic amines is 1. The van der Waals surface area contributed by atoms with Gasteiger partial charge in [0.2, 0.25) is 5.91 Å². The summed E-state index contributed by atoms with van der Waals surface area (Å²) >= 11 is 0. The van der Waals surface area contributed by atoms with Crippen molar-refractivity contribution in [2.45, 2.75) is 56.9 Å². The molecule has 1 amide bonds. The molecule has 1 saturated carbocycles. The van der Waals surface area contributed by atoms with E-state index in [0.29, 0.717) is 11.8 Å². The minimum Gasteiger partial charge on any atom is -0.354 e. The van der Waals surface area contributed by atoms with Crippen molar-refractivity contribution in [2.75, 3.05) is 20.1 Å². The van der Waals surface area contributed by atoms with Crippen LogP contribution < -0.4 is 5.32 Å². The molecular weight excluding hydrogens is 324 g/mol. The van der Waals surface area contributed by atoms with E-state index in [1.807, 2.05) is 12.1 Å². The molecule has 5 heteroatoms. The van der Waals surface area contributed by atoms with Gasteiger partial charge in [0, 0.05) is 12.5 Å². The number of fused-ring (bicyclic) bond motifs is 1. The highest BCUT2D eigenvalue weighted by molar-refractivity contribution is 5.81. The Labute approximate surface area is 155 Å². The molecule has 2 aromatic rings. The number of carbonyl (C=O) groups excluding carboxylic acids is 1. The summed E-state index contributed by atoms with van der Waals surface area (Å²) in [6.45, 7) is 1.87. The minimum atomic E-state index is 0.0793. The first-order valence-corrected chi connectivity index (χ1v) is 10.1. The molecule has 0 radical (unpaired) electrons. The summed E-state index contributed by atoms with van der Waals surface area (Å²) in [4.78, 5) is 22.9. The fourth-order valence-electron chi connectivity index (χ4n) is 4.58. The van der Waals surface area contributed by atoms with E-state index in [2.05, 4.69) is 34.4 Å². The highest BCUT2D eigenvalue weighted by Gasteiger charge is 2.28. The van der Waals surface area contributed by atoms with Gasteiger partial charge in [0.1, 0.15) is 5.82 Å². The third kappa shape index (κ3) is 3.78. The van der Waals surface area contributed by atoms with Gasteiger partial charge in [0.05, 0.1) is 17.1 Å². The Morgan fingerprint density at radius 1 is 1.19 bits per heavy atom. The largest absolute Gasteiger partial charge is 0.354 e. The highest BCUT2D eigenvalue weighted by Crippen LogP contribution is 2.35. The summed E-state index contributed by atoms with van der Waals surface area (Å²) in [5.41, 5.74) is 2.20. The first kappa shape index (κ1) is 17.5. The number of aromatic nitrogens is 2. The third-order valence-corrected chi connectivity index (χ3v) is 6.28. The van der Waals surface area contributed by atoms with Crippen LogP contribution in [-0.2, 0) is 4.79 Å². The lowest BCUT2D eigenvalue weighted by molar-refractivity contribution is -0.127. The van der Waals surface area contributed by atoms with Gasteiger partial charge >= 0.3 is 0 Å². The number of piperidine rings is 1. The number of likely N-dealkylation sites (N-methyl/N-ethyl adjacent to an activating group) is 1. The number of nitrogens with one attached hydrogen (secondary N) is 2. The van der Waals surface area contributed by atoms with E-state index in [9.17, 15) is 4.79 Å². The number of amides is 1. The van der Waals surface area contributed by atoms with Gasteiger partial charge in [-0.2, -0.15) is 0 Å². The molecule has 1 aromatic heterocycles. The number of benzene rings is 1. The molecule has 2 fully saturated rings. The van der Waals surface area contributed by atoms with Crippen molar-refractivity contribution in [2.24, 2.45) is 5.92 Å². The van der Waals surface area contributed by atoms with Gasteiger partial charge < -0.3 is 10.3 Å². The van der Waals surface area contributed by atoms with Gasteiger partial charge in [-0.25, -0.2) is 4.98 Å². The number of hydrogen-bond acceptors (Lipinski definition) is 3. The summed E-state index contributed by atoms with van der Waals surface area (Å²) in [5.74, 6) is 2.50. The van der Waals surface area contributed by atoms with Crippen molar-refractivity contribution < 1.29 is 4.79 Å². The molecule has 1 aliphatic carbocycles. The van der Waals surface area contributed by atoms with Crippen LogP contribution in [0.2, 0.25) is 0 Å². The Kier molecular flexibility index (Phi) is 5.25. The lowest BCUT2D eigenvalue weighted by atomic mass is 9.81. The SMILES string of the molecule is CN1CCCC[C@@H]1C(=O)NCC1CCC(c2nc3ccccc3[nH]2)CC1. The zero-order valence-electron chi connectivity index (χ0n) is 15.7. The number of imidazole rings is 1. The molecule has 1 aromatic carbocycles. The molecule has 4 rings (SSSR count). The molecule has 5 nitrogen and oxygen atoms in total. The van der Waals surface area contributed by atoms with Gasteiger partial charge in [-0.05, 0) is 70.2 Å². The average molecular weight is 354 g/mol. The van der Waals surface area contributed by atoms with E-state index in [1.54, 1.807) is 0 Å². The number of hydrogen-bond donors (Lipinski definition) is 2. The average Bonchev–Trinajstić information content (AvgIpc) is 3.11. The Hall–Kier alpha value is -1.88. The molecule has 2 N–H and O–H groups in total. The first-order chi connectivity index (χ1) is 12.7. The Bertz CT molecular complexity index is 714. The van der Waals surface area contributed by atoms with Crippen LogP contribution in [-0.4, -0.2) is 47.0 Å². The van der Waals surface area contributed by atoms with Crippen LogP contribution in [0.4, 0.5) is 0 Å². The predicted molar refractivity (Wildman–Crippen MR) is 104 cm³/mol. The fraction of sp³-hybridized carbons (Fsp3) is 0.619. The van der Waals surface area contributed by atoms with Crippen LogP contribution in [0.15, 0.2) is 24.3 Å². The topological polar surface area (TPSA) is 61.0 Å². The standard InChI is InChI=1S/C21H30N4O/c1-25-13-5-4-8-19(25)21(26)22-14-15-9-11-16(12-10-15)20-23-17-6-2-3-7-18(17)24-20/h2-3,6-7,15-16,19H,4-5,8-14H2,1H3,(H,22,26)(H,23,24)/t15?,16?,19-/m1/s1. The smallest absolute Gasteiger partial charge is 0.237 e. The summed E-state index contributed by atoms with van der Waals surface area (Å²) in [6.07, 6.45) is 8.04. The van der Waals surface area contributed by atoms with Crippen LogP contribution in [0.1, 0.15) is 56.7 Å². The minimum absolute atomic E-state index is 0.0793. The fourth-order valence-corrected chi connectivity index (χ4v) is 4.58. The van der Waals surface area contributed by atoms with E-state index in [-0.39, 0.29) is 11.9 Å². The third-order valence-electron chi connectivity index (χ3n) is 6.28. The molecule has 1 aliphatic heterocycles. The monoisotopic (exact) mass is 354 g/mol. The molecule has 2 heterocycles. The molecule has 2 aliphatic rings. The summed E-state index contributed by atoms with van der Waals surface area (Å²) in [5, 5.41) is 3.22. The first-order valence-electron chi connectivity index (χ1n) is 10.1. The van der Waals surface area contributed by atoms with E-state index in [0.717, 1.165) is 49.2 Å². The number of para-hydroxylation sites is 2. The second-order valence-corrected chi connectivity index (χ2v) is 8.09. The van der Waals surface area contributed by atoms with Crippen molar-refractivity contribution in [1.29, 1.82) is 0 Å². The zero-order valence-corrected chi connectivity index (χ0v) is 15.7. The molecule has 26 heavy (non-hydrogen) atoms. The maximum absolute atomic E-state index is 12.5. The molecule has 140 valence electrons. The molecular formula is C21H30N4O. The van der Waals surface area contributed by atoms with Crippen molar-refractivity contribution in [3.05, 3.63) is 30.1 Å². The maximum Gasteiger partial charge on any atom is 0.237 e. The van der Waals surface area contributed by atoms with Crippen molar-refractivity contribution in [3.63, 3.8) is 0 Å². The number of likely N-dealkylation sites (tertiary alicyclic amines) is 1. The quantitative estimate of drug-likeness (QED) is 0.884. The lowest BCUT2D eigenvalue weighted by Crippen LogP contribution is -2.48. The lowest BCUT2D eigenvalue weighted by Gasteiger charge is -2.32. The van der Waals surface area contributed by atoms with Crippen molar-refractivity contribution in [1.82, 2.24) is 20.2 Å². The molecule has 1 saturated heterocycles. The van der Waals surface area contributed by atoms with E-state index in [1.165, 1.54) is 25.7 Å². The van der Waals surface area contributed by atoms with Gasteiger partial charge in [0.25, 0.3) is 0 Å². The highest BCUT2D eigenvalue weighted by atomic mass is 16.2. The van der Waals surface area contributed by atoms with Crippen LogP contribution in [0.3, 0.4) is 0 Å². The number of carbonyl (C=O) groups is 1. The molecule has 0 bridgehead atoms. The number of rotatable bonds is 4. The Balaban J connectivity index is 1.26. The number of nitrogens with zero attached hydrogens (tertiary/aromatic N) is 2. The summed E-state index contributed by atoms with van der Waals surface area (Å²) in [6, 6.07) is 8.33. The second-order valence-electron chi connectivity index (χ2n) is 8.09.